The molecule has 4 rings (SSSR count). The van der Waals surface area contributed by atoms with Crippen LogP contribution < -0.4 is 19.9 Å². The molecular weight excluding hydrogens is 404 g/mol. The lowest BCUT2D eigenvalue weighted by Gasteiger charge is -2.09. The highest BCUT2D eigenvalue weighted by Crippen LogP contribution is 2.35. The molecule has 0 aliphatic carbocycles. The number of fused-ring (bicyclic) bond motifs is 2. The summed E-state index contributed by atoms with van der Waals surface area (Å²) in [7, 11) is 3.19. The van der Waals surface area contributed by atoms with Crippen LogP contribution in [0.1, 0.15) is 23.7 Å². The van der Waals surface area contributed by atoms with Crippen LogP contribution in [0.5, 0.6) is 11.5 Å². The number of methoxy groups -OCH3 is 2. The highest BCUT2D eigenvalue weighted by molar-refractivity contribution is 7.16. The van der Waals surface area contributed by atoms with Crippen LogP contribution in [0.2, 0.25) is 0 Å². The van der Waals surface area contributed by atoms with Gasteiger partial charge in [-0.1, -0.05) is 36.5 Å². The third-order valence-electron chi connectivity index (χ3n) is 4.71. The first kappa shape index (κ1) is 19.9. The fourth-order valence-corrected chi connectivity index (χ4v) is 4.49. The van der Waals surface area contributed by atoms with Gasteiger partial charge in [-0.3, -0.25) is 4.79 Å². The van der Waals surface area contributed by atoms with Gasteiger partial charge in [0.2, 0.25) is 0 Å². The zero-order valence-electron chi connectivity index (χ0n) is 16.8. The predicted octanol–water partition coefficient (Wildman–Crippen LogP) is 3.98. The van der Waals surface area contributed by atoms with Crippen LogP contribution in [0.3, 0.4) is 0 Å². The fraction of sp³-hybridized carbons (Fsp3) is 0.227. The van der Waals surface area contributed by atoms with Crippen molar-refractivity contribution in [3.05, 3.63) is 63.2 Å². The molecular formula is C22H20N2O5S. The number of ether oxygens (including phenoxy) is 2. The van der Waals surface area contributed by atoms with E-state index in [1.165, 1.54) is 17.4 Å². The molecule has 30 heavy (non-hydrogen) atoms. The monoisotopic (exact) mass is 424 g/mol. The highest BCUT2D eigenvalue weighted by Gasteiger charge is 2.18. The molecule has 4 aromatic rings. The topological polar surface area (TPSA) is 83.0 Å². The number of para-hydroxylation sites is 1. The van der Waals surface area contributed by atoms with E-state index in [4.69, 9.17) is 13.9 Å². The van der Waals surface area contributed by atoms with E-state index in [1.54, 1.807) is 32.4 Å². The Balaban J connectivity index is 1.94. The summed E-state index contributed by atoms with van der Waals surface area (Å²) in [5.41, 5.74) is 0.422. The molecule has 154 valence electrons. The lowest BCUT2D eigenvalue weighted by atomic mass is 10.2. The van der Waals surface area contributed by atoms with Crippen molar-refractivity contribution in [3.8, 4) is 11.5 Å². The van der Waals surface area contributed by atoms with E-state index < -0.39 is 11.5 Å². The summed E-state index contributed by atoms with van der Waals surface area (Å²) in [6, 6.07) is 12.2. The van der Waals surface area contributed by atoms with Crippen molar-refractivity contribution in [2.24, 2.45) is 4.99 Å². The summed E-state index contributed by atoms with van der Waals surface area (Å²) < 4.78 is 19.0. The Morgan fingerprint density at radius 3 is 2.60 bits per heavy atom. The average molecular weight is 424 g/mol. The lowest BCUT2D eigenvalue weighted by Crippen LogP contribution is -2.19. The zero-order valence-corrected chi connectivity index (χ0v) is 17.6. The third kappa shape index (κ3) is 3.39. The molecule has 0 atom stereocenters. The van der Waals surface area contributed by atoms with Crippen molar-refractivity contribution in [2.45, 2.75) is 19.9 Å². The van der Waals surface area contributed by atoms with Crippen molar-refractivity contribution >= 4 is 38.4 Å². The molecule has 2 heterocycles. The largest absolute Gasteiger partial charge is 0.495 e. The molecule has 7 nitrogen and oxygen atoms in total. The highest BCUT2D eigenvalue weighted by atomic mass is 32.1. The Bertz CT molecular complexity index is 1380. The van der Waals surface area contributed by atoms with Gasteiger partial charge in [0.15, 0.2) is 4.80 Å². The first-order chi connectivity index (χ1) is 14.6. The molecule has 8 heteroatoms. The quantitative estimate of drug-likeness (QED) is 0.453. The molecule has 0 aliphatic rings. The van der Waals surface area contributed by atoms with E-state index in [1.807, 2.05) is 29.7 Å². The Labute approximate surface area is 175 Å². The third-order valence-corrected chi connectivity index (χ3v) is 5.80. The molecule has 0 spiro atoms. The molecule has 0 unspecified atom stereocenters. The second-order valence-corrected chi connectivity index (χ2v) is 7.56. The number of aryl methyl sites for hydroxylation is 1. The Hall–Kier alpha value is -3.39. The number of carbonyl (C=O) groups is 1. The summed E-state index contributed by atoms with van der Waals surface area (Å²) >= 11 is 1.31. The summed E-state index contributed by atoms with van der Waals surface area (Å²) in [4.78, 5) is 30.0. The first-order valence-electron chi connectivity index (χ1n) is 9.43. The van der Waals surface area contributed by atoms with Gasteiger partial charge in [0, 0.05) is 11.9 Å². The van der Waals surface area contributed by atoms with E-state index in [2.05, 4.69) is 4.99 Å². The van der Waals surface area contributed by atoms with Gasteiger partial charge in [-0.05, 0) is 30.7 Å². The van der Waals surface area contributed by atoms with Crippen molar-refractivity contribution in [3.63, 3.8) is 0 Å². The molecule has 0 bridgehead atoms. The van der Waals surface area contributed by atoms with Crippen LogP contribution >= 0.6 is 11.3 Å². The van der Waals surface area contributed by atoms with Crippen molar-refractivity contribution in [1.82, 2.24) is 4.57 Å². The minimum absolute atomic E-state index is 0.104. The van der Waals surface area contributed by atoms with Gasteiger partial charge in [0.1, 0.15) is 32.9 Å². The molecule has 0 saturated heterocycles. The van der Waals surface area contributed by atoms with E-state index in [9.17, 15) is 9.59 Å². The number of hydrogen-bond acceptors (Lipinski definition) is 6. The second-order valence-electron chi connectivity index (χ2n) is 6.59. The van der Waals surface area contributed by atoms with E-state index in [0.717, 1.165) is 16.6 Å². The van der Waals surface area contributed by atoms with E-state index in [-0.39, 0.29) is 5.56 Å². The van der Waals surface area contributed by atoms with Crippen molar-refractivity contribution in [2.75, 3.05) is 14.2 Å². The molecule has 0 N–H and O–H groups in total. The summed E-state index contributed by atoms with van der Waals surface area (Å²) in [6.07, 6.45) is 0.825. The number of hydrogen-bond donors (Lipinski definition) is 0. The molecule has 0 saturated carbocycles. The summed E-state index contributed by atoms with van der Waals surface area (Å²) in [5, 5.41) is 0.664. The summed E-state index contributed by atoms with van der Waals surface area (Å²) in [5.74, 6) is 0.679. The van der Waals surface area contributed by atoms with Crippen LogP contribution in [-0.4, -0.2) is 24.7 Å². The number of rotatable bonds is 5. The van der Waals surface area contributed by atoms with Gasteiger partial charge < -0.3 is 18.5 Å². The molecule has 0 aliphatic heterocycles. The van der Waals surface area contributed by atoms with Crippen LogP contribution in [0.15, 0.2) is 56.7 Å². The molecule has 0 fully saturated rings. The Morgan fingerprint density at radius 2 is 1.87 bits per heavy atom. The zero-order chi connectivity index (χ0) is 21.3. The predicted molar refractivity (Wildman–Crippen MR) is 116 cm³/mol. The smallest absolute Gasteiger partial charge is 0.349 e. The van der Waals surface area contributed by atoms with Gasteiger partial charge in [-0.25, -0.2) is 4.79 Å². The van der Waals surface area contributed by atoms with Crippen LogP contribution in [0.25, 0.3) is 21.2 Å². The van der Waals surface area contributed by atoms with Gasteiger partial charge in [0.25, 0.3) is 5.91 Å². The maximum Gasteiger partial charge on any atom is 0.349 e. The van der Waals surface area contributed by atoms with Crippen molar-refractivity contribution < 1.29 is 18.7 Å². The van der Waals surface area contributed by atoms with Crippen LogP contribution in [0.4, 0.5) is 0 Å². The summed E-state index contributed by atoms with van der Waals surface area (Å²) in [6.45, 7) is 2.66. The average Bonchev–Trinajstić information content (AvgIpc) is 3.10. The maximum absolute atomic E-state index is 12.9. The molecule has 2 aromatic carbocycles. The normalized spacial score (nSPS) is 11.9. The Kier molecular flexibility index (Phi) is 5.41. The number of aromatic nitrogens is 1. The molecule has 2 aromatic heterocycles. The SMILES string of the molecule is CCCn1c(=NC(=O)c2cc3ccccc3oc2=O)sc2c(OC)ccc(OC)c21. The fourth-order valence-electron chi connectivity index (χ4n) is 3.33. The number of amides is 1. The minimum Gasteiger partial charge on any atom is -0.495 e. The van der Waals surface area contributed by atoms with Gasteiger partial charge in [-0.15, -0.1) is 0 Å². The first-order valence-corrected chi connectivity index (χ1v) is 10.2. The number of benzene rings is 2. The molecule has 1 amide bonds. The standard InChI is InChI=1S/C22H20N2O5S/c1-4-11-24-18-16(27-2)9-10-17(28-3)19(18)30-22(24)23-20(25)14-12-13-7-5-6-8-15(13)29-21(14)26/h5-10,12H,4,11H2,1-3H3. The number of carbonyl (C=O) groups excluding carboxylic acids is 1. The van der Waals surface area contributed by atoms with Gasteiger partial charge in [-0.2, -0.15) is 4.99 Å². The van der Waals surface area contributed by atoms with E-state index in [0.29, 0.717) is 33.8 Å². The Morgan fingerprint density at radius 1 is 1.13 bits per heavy atom. The number of thiazole rings is 1. The minimum atomic E-state index is -0.708. The van der Waals surface area contributed by atoms with Crippen molar-refractivity contribution in [1.29, 1.82) is 0 Å². The second kappa shape index (κ2) is 8.16. The van der Waals surface area contributed by atoms with Gasteiger partial charge in [0.05, 0.1) is 14.2 Å². The van der Waals surface area contributed by atoms with Crippen LogP contribution in [0, 0.1) is 0 Å². The lowest BCUT2D eigenvalue weighted by molar-refractivity contribution is 0.0994. The van der Waals surface area contributed by atoms with E-state index >= 15 is 0 Å². The van der Waals surface area contributed by atoms with Gasteiger partial charge >= 0.3 is 5.63 Å². The van der Waals surface area contributed by atoms with Crippen LogP contribution in [-0.2, 0) is 6.54 Å². The molecule has 0 radical (unpaired) electrons. The maximum atomic E-state index is 12.9. The number of nitrogens with zero attached hydrogens (tertiary/aromatic N) is 2.